The number of rotatable bonds is 5. The van der Waals surface area contributed by atoms with Gasteiger partial charge in [-0.05, 0) is 42.2 Å². The van der Waals surface area contributed by atoms with Crippen molar-refractivity contribution < 1.29 is 9.18 Å². The lowest BCUT2D eigenvalue weighted by atomic mass is 10.2. The molecule has 0 atom stereocenters. The largest absolute Gasteiger partial charge is 0.336 e. The first kappa shape index (κ1) is 18.4. The molecule has 2 aromatic heterocycles. The van der Waals surface area contributed by atoms with E-state index in [2.05, 4.69) is 9.97 Å². The van der Waals surface area contributed by atoms with Crippen LogP contribution >= 0.6 is 23.4 Å². The first-order chi connectivity index (χ1) is 12.5. The third kappa shape index (κ3) is 3.89. The minimum atomic E-state index is -0.334. The van der Waals surface area contributed by atoms with Crippen molar-refractivity contribution in [3.63, 3.8) is 0 Å². The van der Waals surface area contributed by atoms with Gasteiger partial charge < -0.3 is 4.90 Å². The van der Waals surface area contributed by atoms with E-state index in [9.17, 15) is 9.18 Å². The Morgan fingerprint density at radius 3 is 2.54 bits per heavy atom. The smallest absolute Gasteiger partial charge is 0.272 e. The molecule has 0 saturated heterocycles. The van der Waals surface area contributed by atoms with Crippen LogP contribution in [0.25, 0.3) is 5.69 Å². The molecule has 3 rings (SSSR count). The molecule has 3 aromatic rings. The first-order valence-corrected chi connectivity index (χ1v) is 9.33. The number of imidazole rings is 1. The summed E-state index contributed by atoms with van der Waals surface area (Å²) in [6.07, 6.45) is 5.05. The molecule has 0 saturated carbocycles. The monoisotopic (exact) mass is 390 g/mol. The molecule has 0 fully saturated rings. The lowest BCUT2D eigenvalue weighted by Crippen LogP contribution is -2.28. The summed E-state index contributed by atoms with van der Waals surface area (Å²) in [6.45, 7) is 0.381. The minimum absolute atomic E-state index is 0.197. The van der Waals surface area contributed by atoms with Gasteiger partial charge in [0.15, 0.2) is 5.16 Å². The third-order valence-electron chi connectivity index (χ3n) is 3.77. The molecule has 0 unspecified atom stereocenters. The number of carbonyl (C=O) groups excluding carboxylic acids is 1. The number of pyridine rings is 1. The van der Waals surface area contributed by atoms with Crippen molar-refractivity contribution in [2.24, 2.45) is 0 Å². The fraction of sp³-hybridized carbons (Fsp3) is 0.167. The van der Waals surface area contributed by atoms with Gasteiger partial charge in [-0.1, -0.05) is 29.4 Å². The van der Waals surface area contributed by atoms with Gasteiger partial charge in [-0.15, -0.1) is 0 Å². The predicted molar refractivity (Wildman–Crippen MR) is 100 cm³/mol. The van der Waals surface area contributed by atoms with Gasteiger partial charge in [0.1, 0.15) is 16.7 Å². The number of amides is 1. The number of halogens is 2. The van der Waals surface area contributed by atoms with Crippen LogP contribution in [0.15, 0.2) is 53.9 Å². The fourth-order valence-electron chi connectivity index (χ4n) is 2.51. The van der Waals surface area contributed by atoms with Crippen molar-refractivity contribution in [2.45, 2.75) is 11.7 Å². The van der Waals surface area contributed by atoms with Gasteiger partial charge >= 0.3 is 0 Å². The van der Waals surface area contributed by atoms with Crippen LogP contribution in [0.5, 0.6) is 0 Å². The molecule has 0 aliphatic carbocycles. The first-order valence-electron chi connectivity index (χ1n) is 7.73. The van der Waals surface area contributed by atoms with E-state index in [1.165, 1.54) is 30.1 Å². The molecular weight excluding hydrogens is 375 g/mol. The number of aromatic nitrogens is 3. The minimum Gasteiger partial charge on any atom is -0.336 e. The van der Waals surface area contributed by atoms with Gasteiger partial charge in [0.2, 0.25) is 0 Å². The number of thioether (sulfide) groups is 1. The van der Waals surface area contributed by atoms with E-state index in [0.29, 0.717) is 28.2 Å². The van der Waals surface area contributed by atoms with Crippen molar-refractivity contribution in [3.8, 4) is 5.69 Å². The summed E-state index contributed by atoms with van der Waals surface area (Å²) in [6, 6.07) is 9.47. The van der Waals surface area contributed by atoms with Crippen molar-refractivity contribution in [3.05, 3.63) is 71.0 Å². The van der Waals surface area contributed by atoms with E-state index in [1.54, 1.807) is 40.9 Å². The highest BCUT2D eigenvalue weighted by Gasteiger charge is 2.21. The van der Waals surface area contributed by atoms with Crippen LogP contribution < -0.4 is 0 Å². The number of nitrogens with zero attached hydrogens (tertiary/aromatic N) is 4. The van der Waals surface area contributed by atoms with Crippen molar-refractivity contribution >= 4 is 29.3 Å². The van der Waals surface area contributed by atoms with Gasteiger partial charge in [-0.2, -0.15) is 0 Å². The Hall–Kier alpha value is -2.38. The summed E-state index contributed by atoms with van der Waals surface area (Å²) in [5.74, 6) is -0.531. The summed E-state index contributed by atoms with van der Waals surface area (Å²) < 4.78 is 15.0. The molecule has 0 spiro atoms. The van der Waals surface area contributed by atoms with Crippen molar-refractivity contribution in [2.75, 3.05) is 13.3 Å². The average molecular weight is 391 g/mol. The van der Waals surface area contributed by atoms with E-state index in [-0.39, 0.29) is 11.7 Å². The molecule has 26 heavy (non-hydrogen) atoms. The molecule has 1 aromatic carbocycles. The SMILES string of the molecule is CSc1ncc(C(=O)N(C)Cc2ccc(Cl)nc2)n1-c1ccc(F)cc1. The summed E-state index contributed by atoms with van der Waals surface area (Å²) >= 11 is 7.21. The van der Waals surface area contributed by atoms with E-state index < -0.39 is 0 Å². The van der Waals surface area contributed by atoms with Crippen LogP contribution in [0.2, 0.25) is 5.15 Å². The molecule has 1 amide bonds. The molecule has 0 bridgehead atoms. The zero-order chi connectivity index (χ0) is 18.7. The maximum atomic E-state index is 13.2. The van der Waals surface area contributed by atoms with Gasteiger partial charge in [0.05, 0.1) is 6.20 Å². The molecule has 134 valence electrons. The Balaban J connectivity index is 1.90. The number of benzene rings is 1. The quantitative estimate of drug-likeness (QED) is 0.487. The molecule has 0 N–H and O–H groups in total. The highest BCUT2D eigenvalue weighted by atomic mass is 35.5. The van der Waals surface area contributed by atoms with Crippen LogP contribution in [0.1, 0.15) is 16.1 Å². The molecule has 8 heteroatoms. The topological polar surface area (TPSA) is 51.0 Å². The summed E-state index contributed by atoms with van der Waals surface area (Å²) in [7, 11) is 1.71. The average Bonchev–Trinajstić information content (AvgIpc) is 3.07. The van der Waals surface area contributed by atoms with Crippen LogP contribution in [0.4, 0.5) is 4.39 Å². The van der Waals surface area contributed by atoms with E-state index in [1.807, 2.05) is 12.3 Å². The van der Waals surface area contributed by atoms with E-state index in [4.69, 9.17) is 11.6 Å². The second kappa shape index (κ2) is 7.88. The van der Waals surface area contributed by atoms with Gasteiger partial charge in [-0.25, -0.2) is 14.4 Å². The molecule has 0 radical (unpaired) electrons. The van der Waals surface area contributed by atoms with Crippen LogP contribution in [0, 0.1) is 5.82 Å². The summed E-state index contributed by atoms with van der Waals surface area (Å²) in [5.41, 5.74) is 1.95. The Morgan fingerprint density at radius 1 is 1.19 bits per heavy atom. The summed E-state index contributed by atoms with van der Waals surface area (Å²) in [5, 5.41) is 1.06. The van der Waals surface area contributed by atoms with Crippen molar-refractivity contribution in [1.82, 2.24) is 19.4 Å². The lowest BCUT2D eigenvalue weighted by molar-refractivity contribution is 0.0776. The van der Waals surface area contributed by atoms with Gasteiger partial charge in [0, 0.05) is 25.5 Å². The number of hydrogen-bond donors (Lipinski definition) is 0. The van der Waals surface area contributed by atoms with Crippen molar-refractivity contribution in [1.29, 1.82) is 0 Å². The standard InChI is InChI=1S/C18H16ClFN4OS/c1-23(11-12-3-8-16(19)21-9-12)17(25)15-10-22-18(26-2)24(15)14-6-4-13(20)5-7-14/h3-10H,11H2,1-2H3. The molecule has 0 aliphatic rings. The zero-order valence-electron chi connectivity index (χ0n) is 14.2. The maximum Gasteiger partial charge on any atom is 0.272 e. The second-order valence-electron chi connectivity index (χ2n) is 5.59. The highest BCUT2D eigenvalue weighted by molar-refractivity contribution is 7.98. The molecule has 2 heterocycles. The lowest BCUT2D eigenvalue weighted by Gasteiger charge is -2.18. The molecular formula is C18H16ClFN4OS. The Morgan fingerprint density at radius 2 is 1.92 bits per heavy atom. The number of hydrogen-bond acceptors (Lipinski definition) is 4. The Kier molecular flexibility index (Phi) is 5.58. The van der Waals surface area contributed by atoms with Gasteiger partial charge in [-0.3, -0.25) is 9.36 Å². The van der Waals surface area contributed by atoms with Gasteiger partial charge in [0.25, 0.3) is 5.91 Å². The highest BCUT2D eigenvalue weighted by Crippen LogP contribution is 2.23. The maximum absolute atomic E-state index is 13.2. The van der Waals surface area contributed by atoms with Crippen LogP contribution in [0.3, 0.4) is 0 Å². The normalized spacial score (nSPS) is 10.8. The zero-order valence-corrected chi connectivity index (χ0v) is 15.8. The third-order valence-corrected chi connectivity index (χ3v) is 4.65. The Bertz CT molecular complexity index is 912. The molecule has 0 aliphatic heterocycles. The summed E-state index contributed by atoms with van der Waals surface area (Å²) in [4.78, 5) is 22.9. The van der Waals surface area contributed by atoms with E-state index >= 15 is 0 Å². The Labute approximate surface area is 159 Å². The number of carbonyl (C=O) groups is 1. The van der Waals surface area contributed by atoms with E-state index in [0.717, 1.165) is 5.56 Å². The van der Waals surface area contributed by atoms with Crippen LogP contribution in [-0.4, -0.2) is 38.6 Å². The fourth-order valence-corrected chi connectivity index (χ4v) is 3.17. The van der Waals surface area contributed by atoms with Crippen LogP contribution in [-0.2, 0) is 6.54 Å². The molecule has 5 nitrogen and oxygen atoms in total. The predicted octanol–water partition coefficient (Wildman–Crippen LogP) is 4.05. The second-order valence-corrected chi connectivity index (χ2v) is 6.75.